The number of aromatic nitrogens is 1. The minimum Gasteiger partial charge on any atom is -0.366 e. The zero-order chi connectivity index (χ0) is 16.6. The third-order valence-electron chi connectivity index (χ3n) is 3.89. The lowest BCUT2D eigenvalue weighted by Gasteiger charge is -2.23. The van der Waals surface area contributed by atoms with Crippen LogP contribution >= 0.6 is 0 Å². The van der Waals surface area contributed by atoms with E-state index in [1.54, 1.807) is 0 Å². The van der Waals surface area contributed by atoms with E-state index in [1.165, 1.54) is 5.56 Å². The van der Waals surface area contributed by atoms with E-state index in [0.29, 0.717) is 5.56 Å². The van der Waals surface area contributed by atoms with E-state index in [9.17, 15) is 4.79 Å². The van der Waals surface area contributed by atoms with Gasteiger partial charge in [0, 0.05) is 17.1 Å². The molecule has 0 aliphatic rings. The highest BCUT2D eigenvalue weighted by Gasteiger charge is 2.17. The molecule has 118 valence electrons. The largest absolute Gasteiger partial charge is 0.366 e. The summed E-state index contributed by atoms with van der Waals surface area (Å²) < 4.78 is 0.814. The van der Waals surface area contributed by atoms with Gasteiger partial charge < -0.3 is 15.2 Å². The highest BCUT2D eigenvalue weighted by Crippen LogP contribution is 2.30. The molecule has 0 aliphatic carbocycles. The number of aromatic amines is 1. The van der Waals surface area contributed by atoms with Crippen LogP contribution in [-0.2, 0) is 6.54 Å². The zero-order valence-corrected chi connectivity index (χ0v) is 13.8. The third kappa shape index (κ3) is 3.12. The number of nitrogens with one attached hydrogen (secondary N) is 1. The number of carbonyl (C=O) groups excluding carboxylic acids is 1. The minimum atomic E-state index is -0.411. The molecule has 0 bridgehead atoms. The first-order valence-corrected chi connectivity index (χ1v) is 7.65. The first-order chi connectivity index (χ1) is 10.8. The molecule has 3 N–H and O–H groups in total. The van der Waals surface area contributed by atoms with Crippen molar-refractivity contribution in [2.45, 2.75) is 6.54 Å². The summed E-state index contributed by atoms with van der Waals surface area (Å²) in [6.45, 7) is 0.871. The maximum Gasteiger partial charge on any atom is 0.250 e. The molecule has 3 aromatic rings. The molecule has 2 aromatic carbocycles. The highest BCUT2D eigenvalue weighted by atomic mass is 16.1. The molecule has 0 atom stereocenters. The van der Waals surface area contributed by atoms with Crippen molar-refractivity contribution < 1.29 is 9.28 Å². The Morgan fingerprint density at radius 3 is 2.39 bits per heavy atom. The molecule has 4 heteroatoms. The number of primary amides is 1. The molecule has 0 saturated heterocycles. The molecule has 0 radical (unpaired) electrons. The average Bonchev–Trinajstić information content (AvgIpc) is 2.88. The normalized spacial score (nSPS) is 11.8. The smallest absolute Gasteiger partial charge is 0.250 e. The first kappa shape index (κ1) is 15.3. The molecule has 1 aromatic heterocycles. The van der Waals surface area contributed by atoms with Gasteiger partial charge in [-0.15, -0.1) is 0 Å². The fourth-order valence-corrected chi connectivity index (χ4v) is 2.92. The SMILES string of the molecule is C[N+](C)(C)Cc1c[nH]c2c(C(N)=O)cc(-c3ccccc3)cc12. The Kier molecular flexibility index (Phi) is 3.70. The molecule has 0 unspecified atom stereocenters. The Morgan fingerprint density at radius 1 is 1.09 bits per heavy atom. The molecule has 0 spiro atoms. The Labute approximate surface area is 136 Å². The summed E-state index contributed by atoms with van der Waals surface area (Å²) in [6, 6.07) is 14.1. The Bertz CT molecular complexity index is 857. The van der Waals surface area contributed by atoms with Crippen LogP contribution in [0.4, 0.5) is 0 Å². The lowest BCUT2D eigenvalue weighted by molar-refractivity contribution is -0.883. The molecule has 3 rings (SSSR count). The predicted octanol–water partition coefficient (Wildman–Crippen LogP) is 3.14. The van der Waals surface area contributed by atoms with Gasteiger partial charge in [-0.1, -0.05) is 30.3 Å². The Morgan fingerprint density at radius 2 is 1.78 bits per heavy atom. The highest BCUT2D eigenvalue weighted by molar-refractivity contribution is 6.07. The van der Waals surface area contributed by atoms with Crippen LogP contribution in [0, 0.1) is 0 Å². The summed E-state index contributed by atoms with van der Waals surface area (Å²) in [4.78, 5) is 15.1. The maximum atomic E-state index is 11.9. The number of amides is 1. The van der Waals surface area contributed by atoms with E-state index in [1.807, 2.05) is 42.6 Å². The van der Waals surface area contributed by atoms with Crippen LogP contribution in [0.3, 0.4) is 0 Å². The molecule has 1 heterocycles. The third-order valence-corrected chi connectivity index (χ3v) is 3.89. The molecule has 4 nitrogen and oxygen atoms in total. The van der Waals surface area contributed by atoms with Gasteiger partial charge >= 0.3 is 0 Å². The second kappa shape index (κ2) is 5.56. The number of benzene rings is 2. The van der Waals surface area contributed by atoms with Crippen molar-refractivity contribution in [2.75, 3.05) is 21.1 Å². The van der Waals surface area contributed by atoms with Gasteiger partial charge in [0.1, 0.15) is 6.54 Å². The number of hydrogen-bond acceptors (Lipinski definition) is 1. The Balaban J connectivity index is 2.24. The molecule has 23 heavy (non-hydrogen) atoms. The topological polar surface area (TPSA) is 58.9 Å². The van der Waals surface area contributed by atoms with Gasteiger partial charge in [-0.25, -0.2) is 0 Å². The molecular formula is C19H22N3O+. The van der Waals surface area contributed by atoms with Crippen molar-refractivity contribution in [1.82, 2.24) is 4.98 Å². The first-order valence-electron chi connectivity index (χ1n) is 7.65. The molecule has 0 saturated carbocycles. The summed E-state index contributed by atoms with van der Waals surface area (Å²) in [5.74, 6) is -0.411. The maximum absolute atomic E-state index is 11.9. The van der Waals surface area contributed by atoms with Gasteiger partial charge in [0.05, 0.1) is 32.2 Å². The monoisotopic (exact) mass is 308 g/mol. The van der Waals surface area contributed by atoms with E-state index >= 15 is 0 Å². The second-order valence-electron chi connectivity index (χ2n) is 6.94. The Hall–Kier alpha value is -2.59. The van der Waals surface area contributed by atoms with Gasteiger partial charge in [0.25, 0.3) is 5.91 Å². The fourth-order valence-electron chi connectivity index (χ4n) is 2.92. The van der Waals surface area contributed by atoms with Gasteiger partial charge in [-0.3, -0.25) is 4.79 Å². The number of fused-ring (bicyclic) bond motifs is 1. The molecule has 0 fully saturated rings. The summed E-state index contributed by atoms with van der Waals surface area (Å²) >= 11 is 0. The van der Waals surface area contributed by atoms with Crippen LogP contribution < -0.4 is 5.73 Å². The fraction of sp³-hybridized carbons (Fsp3) is 0.211. The number of nitrogens with zero attached hydrogens (tertiary/aromatic N) is 1. The molecule has 0 aliphatic heterocycles. The van der Waals surface area contributed by atoms with Crippen LogP contribution in [0.5, 0.6) is 0 Å². The summed E-state index contributed by atoms with van der Waals surface area (Å²) in [5, 5.41) is 1.06. The lowest BCUT2D eigenvalue weighted by atomic mass is 9.98. The van der Waals surface area contributed by atoms with Crippen LogP contribution in [-0.4, -0.2) is 36.5 Å². The molecule has 1 amide bonds. The number of hydrogen-bond donors (Lipinski definition) is 2. The van der Waals surface area contributed by atoms with Crippen LogP contribution in [0.1, 0.15) is 15.9 Å². The van der Waals surface area contributed by atoms with E-state index in [2.05, 4.69) is 32.2 Å². The number of rotatable bonds is 4. The van der Waals surface area contributed by atoms with Gasteiger partial charge in [-0.2, -0.15) is 0 Å². The summed E-state index contributed by atoms with van der Waals surface area (Å²) in [5.41, 5.74) is 10.2. The second-order valence-corrected chi connectivity index (χ2v) is 6.94. The van der Waals surface area contributed by atoms with Crippen LogP contribution in [0.2, 0.25) is 0 Å². The van der Waals surface area contributed by atoms with Gasteiger partial charge in [0.2, 0.25) is 0 Å². The lowest BCUT2D eigenvalue weighted by Crippen LogP contribution is -2.33. The van der Waals surface area contributed by atoms with Crippen molar-refractivity contribution in [2.24, 2.45) is 5.73 Å². The number of quaternary nitrogens is 1. The number of nitrogens with two attached hydrogens (primary N) is 1. The van der Waals surface area contributed by atoms with E-state index in [-0.39, 0.29) is 0 Å². The van der Waals surface area contributed by atoms with Gasteiger partial charge in [0.15, 0.2) is 0 Å². The number of carbonyl (C=O) groups is 1. The predicted molar refractivity (Wildman–Crippen MR) is 94.0 cm³/mol. The van der Waals surface area contributed by atoms with Crippen molar-refractivity contribution in [3.8, 4) is 11.1 Å². The standard InChI is InChI=1S/C19H21N3O/c1-22(2,3)12-15-11-21-18-16(15)9-14(10-17(18)19(20)23)13-7-5-4-6-8-13/h4-11H,12H2,1-3H3,(H2-,20,21,23)/p+1. The van der Waals surface area contributed by atoms with E-state index in [4.69, 9.17) is 5.73 Å². The van der Waals surface area contributed by atoms with Crippen molar-refractivity contribution >= 4 is 16.8 Å². The van der Waals surface area contributed by atoms with Crippen molar-refractivity contribution in [3.63, 3.8) is 0 Å². The van der Waals surface area contributed by atoms with E-state index < -0.39 is 5.91 Å². The van der Waals surface area contributed by atoms with Crippen LogP contribution in [0.25, 0.3) is 22.0 Å². The van der Waals surface area contributed by atoms with Crippen molar-refractivity contribution in [3.05, 3.63) is 59.8 Å². The molecular weight excluding hydrogens is 286 g/mol. The zero-order valence-electron chi connectivity index (χ0n) is 13.8. The van der Waals surface area contributed by atoms with Gasteiger partial charge in [-0.05, 0) is 23.3 Å². The van der Waals surface area contributed by atoms with Crippen LogP contribution in [0.15, 0.2) is 48.7 Å². The number of H-pyrrole nitrogens is 1. The summed E-state index contributed by atoms with van der Waals surface area (Å²) in [6.07, 6.45) is 1.98. The average molecular weight is 308 g/mol. The minimum absolute atomic E-state index is 0.411. The van der Waals surface area contributed by atoms with Crippen molar-refractivity contribution in [1.29, 1.82) is 0 Å². The quantitative estimate of drug-likeness (QED) is 0.715. The van der Waals surface area contributed by atoms with E-state index in [0.717, 1.165) is 33.1 Å². The summed E-state index contributed by atoms with van der Waals surface area (Å²) in [7, 11) is 6.44.